The third-order valence-corrected chi connectivity index (χ3v) is 2.08. The Bertz CT molecular complexity index is 281. The molecule has 0 saturated heterocycles. The number of hydrogen-bond donors (Lipinski definition) is 0. The molecule has 12 heavy (non-hydrogen) atoms. The van der Waals surface area contributed by atoms with Gasteiger partial charge in [0.2, 0.25) is 0 Å². The summed E-state index contributed by atoms with van der Waals surface area (Å²) in [5.41, 5.74) is 2.36. The fourth-order valence-corrected chi connectivity index (χ4v) is 1.32. The highest BCUT2D eigenvalue weighted by atomic mass is 35.5. The van der Waals surface area contributed by atoms with Gasteiger partial charge in [0.05, 0.1) is 0 Å². The van der Waals surface area contributed by atoms with Crippen LogP contribution in [0.5, 0.6) is 0 Å². The Labute approximate surface area is 77.4 Å². The van der Waals surface area contributed by atoms with Gasteiger partial charge < -0.3 is 4.79 Å². The highest BCUT2D eigenvalue weighted by molar-refractivity contribution is 6.30. The Kier molecular flexibility index (Phi) is 3.30. The van der Waals surface area contributed by atoms with E-state index in [1.807, 2.05) is 25.1 Å². The summed E-state index contributed by atoms with van der Waals surface area (Å²) in [5, 5.41) is 0.737. The van der Waals surface area contributed by atoms with Crippen molar-refractivity contribution in [1.82, 2.24) is 0 Å². The summed E-state index contributed by atoms with van der Waals surface area (Å²) >= 11 is 5.81. The summed E-state index contributed by atoms with van der Waals surface area (Å²) in [6, 6.07) is 5.75. The largest absolute Gasteiger partial charge is 0.303 e. The molecule has 1 aromatic carbocycles. The topological polar surface area (TPSA) is 17.1 Å². The highest BCUT2D eigenvalue weighted by Gasteiger charge is 1.98. The van der Waals surface area contributed by atoms with Gasteiger partial charge in [-0.1, -0.05) is 17.7 Å². The summed E-state index contributed by atoms with van der Waals surface area (Å²) < 4.78 is 0. The van der Waals surface area contributed by atoms with E-state index in [0.29, 0.717) is 6.42 Å². The van der Waals surface area contributed by atoms with Crippen LogP contribution in [0, 0.1) is 6.92 Å². The second-order valence-corrected chi connectivity index (χ2v) is 3.21. The monoisotopic (exact) mass is 182 g/mol. The second-order valence-electron chi connectivity index (χ2n) is 2.78. The van der Waals surface area contributed by atoms with E-state index in [-0.39, 0.29) is 0 Å². The average Bonchev–Trinajstić information content (AvgIpc) is 2.07. The maximum Gasteiger partial charge on any atom is 0.120 e. The Balaban J connectivity index is 2.82. The van der Waals surface area contributed by atoms with Crippen molar-refractivity contribution >= 4 is 17.9 Å². The van der Waals surface area contributed by atoms with Gasteiger partial charge in [-0.05, 0) is 36.6 Å². The number of hydrogen-bond acceptors (Lipinski definition) is 1. The number of aldehydes is 1. The van der Waals surface area contributed by atoms with Crippen LogP contribution < -0.4 is 0 Å². The first kappa shape index (κ1) is 9.27. The van der Waals surface area contributed by atoms with E-state index in [9.17, 15) is 4.79 Å². The molecule has 0 aliphatic carbocycles. The molecule has 1 aromatic rings. The van der Waals surface area contributed by atoms with Crippen molar-refractivity contribution in [3.8, 4) is 0 Å². The summed E-state index contributed by atoms with van der Waals surface area (Å²) in [7, 11) is 0. The molecule has 0 amide bonds. The molecule has 0 heterocycles. The number of carbonyl (C=O) groups is 1. The minimum Gasteiger partial charge on any atom is -0.303 e. The van der Waals surface area contributed by atoms with Gasteiger partial charge in [-0.2, -0.15) is 0 Å². The maximum absolute atomic E-state index is 10.1. The fourth-order valence-electron chi connectivity index (χ4n) is 1.12. The molecule has 0 saturated carbocycles. The zero-order valence-electron chi connectivity index (χ0n) is 7.01. The van der Waals surface area contributed by atoms with Gasteiger partial charge in [0, 0.05) is 11.4 Å². The smallest absolute Gasteiger partial charge is 0.120 e. The van der Waals surface area contributed by atoms with Crippen LogP contribution in [-0.4, -0.2) is 6.29 Å². The SMILES string of the molecule is Cc1ccc(Cl)cc1CCC=O. The lowest BCUT2D eigenvalue weighted by molar-refractivity contribution is -0.107. The molecule has 0 bridgehead atoms. The first-order valence-electron chi connectivity index (χ1n) is 3.92. The van der Waals surface area contributed by atoms with Crippen molar-refractivity contribution < 1.29 is 4.79 Å². The minimum absolute atomic E-state index is 0.571. The van der Waals surface area contributed by atoms with Gasteiger partial charge >= 0.3 is 0 Å². The van der Waals surface area contributed by atoms with Gasteiger partial charge in [-0.25, -0.2) is 0 Å². The van der Waals surface area contributed by atoms with Crippen LogP contribution in [0.4, 0.5) is 0 Å². The molecule has 1 nitrogen and oxygen atoms in total. The Hall–Kier alpha value is -0.820. The van der Waals surface area contributed by atoms with E-state index in [4.69, 9.17) is 11.6 Å². The van der Waals surface area contributed by atoms with Crippen molar-refractivity contribution in [3.05, 3.63) is 34.3 Å². The number of benzene rings is 1. The predicted octanol–water partition coefficient (Wildman–Crippen LogP) is 2.78. The number of rotatable bonds is 3. The van der Waals surface area contributed by atoms with E-state index in [0.717, 1.165) is 23.3 Å². The standard InChI is InChI=1S/C10H11ClO/c1-8-4-5-10(11)7-9(8)3-2-6-12/h4-7H,2-3H2,1H3. The lowest BCUT2D eigenvalue weighted by Crippen LogP contribution is -1.89. The van der Waals surface area contributed by atoms with Crippen molar-refractivity contribution in [3.63, 3.8) is 0 Å². The molecule has 0 radical (unpaired) electrons. The van der Waals surface area contributed by atoms with Gasteiger partial charge in [0.15, 0.2) is 0 Å². The van der Waals surface area contributed by atoms with E-state index >= 15 is 0 Å². The quantitative estimate of drug-likeness (QED) is 0.657. The van der Waals surface area contributed by atoms with Gasteiger partial charge in [0.1, 0.15) is 6.29 Å². The molecule has 0 spiro atoms. The van der Waals surface area contributed by atoms with Crippen LogP contribution in [0.25, 0.3) is 0 Å². The zero-order chi connectivity index (χ0) is 8.97. The third-order valence-electron chi connectivity index (χ3n) is 1.84. The van der Waals surface area contributed by atoms with Crippen LogP contribution in [-0.2, 0) is 11.2 Å². The third kappa shape index (κ3) is 2.35. The van der Waals surface area contributed by atoms with Crippen LogP contribution in [0.15, 0.2) is 18.2 Å². The van der Waals surface area contributed by atoms with Crippen molar-refractivity contribution in [2.45, 2.75) is 19.8 Å². The average molecular weight is 183 g/mol. The molecule has 0 aromatic heterocycles. The van der Waals surface area contributed by atoms with Crippen LogP contribution >= 0.6 is 11.6 Å². The van der Waals surface area contributed by atoms with Crippen molar-refractivity contribution in [2.24, 2.45) is 0 Å². The molecule has 0 unspecified atom stereocenters. The van der Waals surface area contributed by atoms with Crippen molar-refractivity contribution in [2.75, 3.05) is 0 Å². The summed E-state index contributed by atoms with van der Waals surface area (Å²) in [6.07, 6.45) is 2.29. The normalized spacial score (nSPS) is 9.83. The lowest BCUT2D eigenvalue weighted by Gasteiger charge is -2.03. The summed E-state index contributed by atoms with van der Waals surface area (Å²) in [6.45, 7) is 2.02. The molecule has 2 heteroatoms. The molecule has 0 aliphatic heterocycles. The van der Waals surface area contributed by atoms with Crippen LogP contribution in [0.1, 0.15) is 17.5 Å². The molecular weight excluding hydrogens is 172 g/mol. The maximum atomic E-state index is 10.1. The summed E-state index contributed by atoms with van der Waals surface area (Å²) in [5.74, 6) is 0. The fraction of sp³-hybridized carbons (Fsp3) is 0.300. The van der Waals surface area contributed by atoms with E-state index < -0.39 is 0 Å². The molecule has 64 valence electrons. The molecule has 0 N–H and O–H groups in total. The number of halogens is 1. The lowest BCUT2D eigenvalue weighted by atomic mass is 10.0. The molecule has 1 rings (SSSR count). The van der Waals surface area contributed by atoms with Gasteiger partial charge in [-0.3, -0.25) is 0 Å². The van der Waals surface area contributed by atoms with Crippen LogP contribution in [0.2, 0.25) is 5.02 Å². The van der Waals surface area contributed by atoms with E-state index in [2.05, 4.69) is 0 Å². The second kappa shape index (κ2) is 4.27. The molecule has 0 aliphatic rings. The molecule has 0 fully saturated rings. The van der Waals surface area contributed by atoms with Crippen LogP contribution in [0.3, 0.4) is 0 Å². The Morgan fingerprint density at radius 2 is 2.25 bits per heavy atom. The molecule has 0 atom stereocenters. The van der Waals surface area contributed by atoms with Gasteiger partial charge in [-0.15, -0.1) is 0 Å². The Morgan fingerprint density at radius 3 is 2.92 bits per heavy atom. The van der Waals surface area contributed by atoms with E-state index in [1.54, 1.807) is 0 Å². The zero-order valence-corrected chi connectivity index (χ0v) is 7.77. The summed E-state index contributed by atoms with van der Waals surface area (Å²) in [4.78, 5) is 10.1. The minimum atomic E-state index is 0.571. The first-order valence-corrected chi connectivity index (χ1v) is 4.30. The highest BCUT2D eigenvalue weighted by Crippen LogP contribution is 2.16. The first-order chi connectivity index (χ1) is 5.74. The predicted molar refractivity (Wildman–Crippen MR) is 50.6 cm³/mol. The number of aryl methyl sites for hydroxylation is 2. The van der Waals surface area contributed by atoms with E-state index in [1.165, 1.54) is 5.56 Å². The van der Waals surface area contributed by atoms with Crippen molar-refractivity contribution in [1.29, 1.82) is 0 Å². The molecular formula is C10H11ClO. The number of carbonyl (C=O) groups excluding carboxylic acids is 1. The van der Waals surface area contributed by atoms with Gasteiger partial charge in [0.25, 0.3) is 0 Å². The Morgan fingerprint density at radius 1 is 1.50 bits per heavy atom.